The fourth-order valence-corrected chi connectivity index (χ4v) is 2.96. The number of hydrogen-bond donors (Lipinski definition) is 1. The van der Waals surface area contributed by atoms with Crippen LogP contribution in [0.3, 0.4) is 0 Å². The summed E-state index contributed by atoms with van der Waals surface area (Å²) in [6.07, 6.45) is -0.150. The molecule has 138 valence electrons. The Morgan fingerprint density at radius 2 is 2.00 bits per heavy atom. The van der Waals surface area contributed by atoms with Gasteiger partial charge < -0.3 is 10.2 Å². The first kappa shape index (κ1) is 18.2. The van der Waals surface area contributed by atoms with Crippen LogP contribution in [-0.2, 0) is 17.4 Å². The second kappa shape index (κ2) is 7.31. The van der Waals surface area contributed by atoms with Crippen LogP contribution in [0.4, 0.5) is 19.0 Å². The van der Waals surface area contributed by atoms with E-state index in [0.29, 0.717) is 12.1 Å². The van der Waals surface area contributed by atoms with Gasteiger partial charge in [-0.05, 0) is 31.0 Å². The fourth-order valence-electron chi connectivity index (χ4n) is 2.96. The molecule has 1 aromatic carbocycles. The number of nitrogens with zero attached hydrogens (tertiary/aromatic N) is 3. The summed E-state index contributed by atoms with van der Waals surface area (Å²) in [6.45, 7) is 3.27. The molecule has 1 aliphatic heterocycles. The second-order valence-electron chi connectivity index (χ2n) is 6.39. The highest BCUT2D eigenvalue weighted by atomic mass is 19.4. The number of aromatic nitrogens is 2. The van der Waals surface area contributed by atoms with Gasteiger partial charge in [-0.3, -0.25) is 9.78 Å². The molecule has 0 unspecified atom stereocenters. The minimum absolute atomic E-state index is 0.0146. The number of anilines is 1. The molecule has 2 heterocycles. The van der Waals surface area contributed by atoms with Gasteiger partial charge in [-0.1, -0.05) is 12.1 Å². The molecule has 1 amide bonds. The van der Waals surface area contributed by atoms with E-state index in [1.54, 1.807) is 12.4 Å². The van der Waals surface area contributed by atoms with Gasteiger partial charge in [0.15, 0.2) is 0 Å². The molecule has 1 aliphatic rings. The number of carbonyl (C=O) groups is 1. The van der Waals surface area contributed by atoms with Gasteiger partial charge in [0.05, 0.1) is 23.9 Å². The zero-order valence-corrected chi connectivity index (χ0v) is 14.3. The van der Waals surface area contributed by atoms with E-state index < -0.39 is 11.7 Å². The summed E-state index contributed by atoms with van der Waals surface area (Å²) >= 11 is 0. The maximum atomic E-state index is 12.6. The van der Waals surface area contributed by atoms with Crippen molar-refractivity contribution in [3.8, 4) is 0 Å². The lowest BCUT2D eigenvalue weighted by Gasteiger charge is -2.18. The number of nitrogens with one attached hydrogen (secondary N) is 1. The number of halogens is 3. The lowest BCUT2D eigenvalue weighted by molar-refractivity contribution is -0.137. The summed E-state index contributed by atoms with van der Waals surface area (Å²) in [7, 11) is 0. The van der Waals surface area contributed by atoms with Crippen LogP contribution in [0.25, 0.3) is 0 Å². The van der Waals surface area contributed by atoms with E-state index >= 15 is 0 Å². The van der Waals surface area contributed by atoms with Crippen molar-refractivity contribution in [1.29, 1.82) is 0 Å². The van der Waals surface area contributed by atoms with Crippen LogP contribution in [0, 0.1) is 6.92 Å². The number of hydrogen-bond acceptors (Lipinski definition) is 4. The summed E-state index contributed by atoms with van der Waals surface area (Å²) < 4.78 is 37.7. The van der Waals surface area contributed by atoms with Crippen molar-refractivity contribution in [3.05, 3.63) is 53.5 Å². The number of alkyl halides is 3. The molecule has 1 fully saturated rings. The van der Waals surface area contributed by atoms with Crippen LogP contribution in [0.5, 0.6) is 0 Å². The molecule has 0 radical (unpaired) electrons. The SMILES string of the molecule is Cc1cncc(N2CC[C@@H](NC(=O)Cc3ccc(C(F)(F)F)cc3)C2)n1. The molecule has 0 bridgehead atoms. The van der Waals surface area contributed by atoms with E-state index in [4.69, 9.17) is 0 Å². The molecule has 2 aromatic rings. The van der Waals surface area contributed by atoms with Gasteiger partial charge >= 0.3 is 6.18 Å². The Labute approximate surface area is 149 Å². The molecule has 1 saturated heterocycles. The molecule has 0 saturated carbocycles. The highest BCUT2D eigenvalue weighted by Gasteiger charge is 2.30. The van der Waals surface area contributed by atoms with E-state index in [2.05, 4.69) is 20.2 Å². The predicted octanol–water partition coefficient (Wildman–Crippen LogP) is 2.74. The minimum Gasteiger partial charge on any atom is -0.353 e. The maximum absolute atomic E-state index is 12.6. The topological polar surface area (TPSA) is 58.1 Å². The van der Waals surface area contributed by atoms with Gasteiger partial charge in [-0.2, -0.15) is 13.2 Å². The number of benzene rings is 1. The second-order valence-corrected chi connectivity index (χ2v) is 6.39. The van der Waals surface area contributed by atoms with E-state index in [1.807, 2.05) is 6.92 Å². The number of rotatable bonds is 4. The van der Waals surface area contributed by atoms with Gasteiger partial charge in [0.25, 0.3) is 0 Å². The summed E-state index contributed by atoms with van der Waals surface area (Å²) in [5.41, 5.74) is 0.666. The Morgan fingerprint density at radius 1 is 1.27 bits per heavy atom. The molecule has 26 heavy (non-hydrogen) atoms. The van der Waals surface area contributed by atoms with Crippen molar-refractivity contribution in [2.45, 2.75) is 32.0 Å². The monoisotopic (exact) mass is 364 g/mol. The summed E-state index contributed by atoms with van der Waals surface area (Å²) in [5, 5.41) is 2.94. The highest BCUT2D eigenvalue weighted by molar-refractivity contribution is 5.79. The Morgan fingerprint density at radius 3 is 2.65 bits per heavy atom. The third-order valence-corrected chi connectivity index (χ3v) is 4.27. The largest absolute Gasteiger partial charge is 0.416 e. The van der Waals surface area contributed by atoms with Crippen molar-refractivity contribution in [3.63, 3.8) is 0 Å². The minimum atomic E-state index is -4.37. The molecule has 0 spiro atoms. The van der Waals surface area contributed by atoms with E-state index in [-0.39, 0.29) is 18.4 Å². The Hall–Kier alpha value is -2.64. The van der Waals surface area contributed by atoms with Crippen molar-refractivity contribution in [2.75, 3.05) is 18.0 Å². The van der Waals surface area contributed by atoms with E-state index in [1.165, 1.54) is 12.1 Å². The van der Waals surface area contributed by atoms with Crippen molar-refractivity contribution < 1.29 is 18.0 Å². The van der Waals surface area contributed by atoms with E-state index in [9.17, 15) is 18.0 Å². The van der Waals surface area contributed by atoms with Gasteiger partial charge in [-0.15, -0.1) is 0 Å². The molecule has 3 rings (SSSR count). The van der Waals surface area contributed by atoms with Gasteiger partial charge in [-0.25, -0.2) is 4.98 Å². The smallest absolute Gasteiger partial charge is 0.353 e. The van der Waals surface area contributed by atoms with Crippen LogP contribution < -0.4 is 10.2 Å². The first-order valence-corrected chi connectivity index (χ1v) is 8.30. The van der Waals surface area contributed by atoms with Gasteiger partial charge in [0, 0.05) is 25.3 Å². The van der Waals surface area contributed by atoms with Crippen molar-refractivity contribution >= 4 is 11.7 Å². The third-order valence-electron chi connectivity index (χ3n) is 4.27. The molecule has 1 aromatic heterocycles. The van der Waals surface area contributed by atoms with E-state index in [0.717, 1.165) is 36.6 Å². The van der Waals surface area contributed by atoms with Crippen LogP contribution in [0.1, 0.15) is 23.2 Å². The molecular formula is C18H19F3N4O. The number of aryl methyl sites for hydroxylation is 1. The quantitative estimate of drug-likeness (QED) is 0.906. The average molecular weight is 364 g/mol. The average Bonchev–Trinajstić information content (AvgIpc) is 3.03. The maximum Gasteiger partial charge on any atom is 0.416 e. The zero-order chi connectivity index (χ0) is 18.7. The normalized spacial score (nSPS) is 17.4. The Kier molecular flexibility index (Phi) is 5.11. The van der Waals surface area contributed by atoms with Gasteiger partial charge in [0.2, 0.25) is 5.91 Å². The standard InChI is InChI=1S/C18H19F3N4O/c1-12-9-22-10-16(23-12)25-7-6-15(11-25)24-17(26)8-13-2-4-14(5-3-13)18(19,20)21/h2-5,9-10,15H,6-8,11H2,1H3,(H,24,26)/t15-/m1/s1. The molecule has 8 heteroatoms. The third kappa shape index (κ3) is 4.50. The Bertz CT molecular complexity index is 777. The Balaban J connectivity index is 1.53. The summed E-state index contributed by atoms with van der Waals surface area (Å²) in [5.74, 6) is 0.580. The molecule has 1 atom stereocenters. The first-order valence-electron chi connectivity index (χ1n) is 8.30. The lowest BCUT2D eigenvalue weighted by atomic mass is 10.1. The van der Waals surface area contributed by atoms with Crippen LogP contribution in [0.2, 0.25) is 0 Å². The predicted molar refractivity (Wildman–Crippen MR) is 90.7 cm³/mol. The molecule has 1 N–H and O–H groups in total. The number of carbonyl (C=O) groups excluding carboxylic acids is 1. The summed E-state index contributed by atoms with van der Waals surface area (Å²) in [6, 6.07) is 4.66. The zero-order valence-electron chi connectivity index (χ0n) is 14.3. The molecule has 5 nitrogen and oxygen atoms in total. The molecular weight excluding hydrogens is 345 g/mol. The van der Waals surface area contributed by atoms with Crippen LogP contribution in [-0.4, -0.2) is 35.0 Å². The van der Waals surface area contributed by atoms with Gasteiger partial charge in [0.1, 0.15) is 5.82 Å². The lowest BCUT2D eigenvalue weighted by Crippen LogP contribution is -2.38. The molecule has 0 aliphatic carbocycles. The highest BCUT2D eigenvalue weighted by Crippen LogP contribution is 2.29. The first-order chi connectivity index (χ1) is 12.3. The van der Waals surface area contributed by atoms with Crippen molar-refractivity contribution in [1.82, 2.24) is 15.3 Å². The fraction of sp³-hybridized carbons (Fsp3) is 0.389. The summed E-state index contributed by atoms with van der Waals surface area (Å²) in [4.78, 5) is 22.8. The van der Waals surface area contributed by atoms with Crippen LogP contribution >= 0.6 is 0 Å². The van der Waals surface area contributed by atoms with Crippen LogP contribution in [0.15, 0.2) is 36.7 Å². The number of amides is 1. The van der Waals surface area contributed by atoms with Crippen molar-refractivity contribution in [2.24, 2.45) is 0 Å².